The monoisotopic (exact) mass is 377 g/mol. The Hall–Kier alpha value is -2.94. The molecule has 0 saturated heterocycles. The minimum atomic E-state index is -0.638. The third-order valence-electron chi connectivity index (χ3n) is 3.39. The van der Waals surface area contributed by atoms with Crippen molar-refractivity contribution in [2.24, 2.45) is 7.05 Å². The molecule has 8 nitrogen and oxygen atoms in total. The van der Waals surface area contributed by atoms with Gasteiger partial charge in [0.15, 0.2) is 0 Å². The summed E-state index contributed by atoms with van der Waals surface area (Å²) in [6, 6.07) is 0. The number of amides is 1. The van der Waals surface area contributed by atoms with E-state index in [1.807, 2.05) is 0 Å². The lowest BCUT2D eigenvalue weighted by molar-refractivity contribution is -0.111. The molecule has 0 aliphatic rings. The predicted octanol–water partition coefficient (Wildman–Crippen LogP) is 2.41. The number of carbonyl (C=O) groups excluding carboxylic acids is 3. The molecule has 0 radical (unpaired) electrons. The Balaban J connectivity index is 2.27. The molecule has 0 fully saturated rings. The summed E-state index contributed by atoms with van der Waals surface area (Å²) in [6.45, 7) is 3.50. The predicted molar refractivity (Wildman–Crippen MR) is 97.2 cm³/mol. The van der Waals surface area contributed by atoms with Crippen LogP contribution >= 0.6 is 11.3 Å². The molecule has 0 aliphatic heterocycles. The van der Waals surface area contributed by atoms with E-state index in [0.29, 0.717) is 5.56 Å². The Morgan fingerprint density at radius 3 is 2.65 bits per heavy atom. The van der Waals surface area contributed by atoms with E-state index in [4.69, 9.17) is 9.47 Å². The zero-order chi connectivity index (χ0) is 19.3. The van der Waals surface area contributed by atoms with Gasteiger partial charge in [0.25, 0.3) is 0 Å². The van der Waals surface area contributed by atoms with Gasteiger partial charge >= 0.3 is 11.9 Å². The molecule has 0 spiro atoms. The number of aryl methyl sites for hydroxylation is 1. The van der Waals surface area contributed by atoms with E-state index in [2.05, 4.69) is 10.4 Å². The van der Waals surface area contributed by atoms with Crippen LogP contribution in [0.5, 0.6) is 0 Å². The topological polar surface area (TPSA) is 99.5 Å². The smallest absolute Gasteiger partial charge is 0.348 e. The Morgan fingerprint density at radius 2 is 2.08 bits per heavy atom. The molecule has 0 bridgehead atoms. The maximum Gasteiger partial charge on any atom is 0.348 e. The van der Waals surface area contributed by atoms with Crippen molar-refractivity contribution in [2.75, 3.05) is 19.0 Å². The second kappa shape index (κ2) is 8.43. The SMILES string of the molecule is CCOC(=O)c1sc(NC(=O)C=Cc2cnn(C)c2)c(C(=O)OC)c1C. The largest absolute Gasteiger partial charge is 0.465 e. The number of methoxy groups -OCH3 is 1. The lowest BCUT2D eigenvalue weighted by Crippen LogP contribution is -2.11. The fourth-order valence-corrected chi connectivity index (χ4v) is 3.28. The van der Waals surface area contributed by atoms with E-state index in [9.17, 15) is 14.4 Å². The number of esters is 2. The molecule has 2 aromatic heterocycles. The van der Waals surface area contributed by atoms with Crippen LogP contribution in [-0.4, -0.2) is 41.3 Å². The van der Waals surface area contributed by atoms with Crippen LogP contribution in [0.4, 0.5) is 5.00 Å². The molecule has 0 atom stereocenters. The highest BCUT2D eigenvalue weighted by molar-refractivity contribution is 7.18. The van der Waals surface area contributed by atoms with E-state index in [-0.39, 0.29) is 22.0 Å². The standard InChI is InChI=1S/C17H19N3O5S/c1-5-25-17(23)14-10(2)13(16(22)24-4)15(26-14)19-12(21)7-6-11-8-18-20(3)9-11/h6-9H,5H2,1-4H3,(H,19,21). The molecule has 9 heteroatoms. The van der Waals surface area contributed by atoms with Crippen LogP contribution in [0.15, 0.2) is 18.5 Å². The molecule has 0 aromatic carbocycles. The van der Waals surface area contributed by atoms with Crippen LogP contribution in [0.25, 0.3) is 6.08 Å². The Kier molecular flexibility index (Phi) is 6.29. The van der Waals surface area contributed by atoms with Gasteiger partial charge in [0.05, 0.1) is 25.5 Å². The van der Waals surface area contributed by atoms with Crippen molar-refractivity contribution in [3.63, 3.8) is 0 Å². The summed E-state index contributed by atoms with van der Waals surface area (Å²) < 4.78 is 11.4. The number of thiophene rings is 1. The summed E-state index contributed by atoms with van der Waals surface area (Å²) in [7, 11) is 3.00. The highest BCUT2D eigenvalue weighted by Gasteiger charge is 2.26. The highest BCUT2D eigenvalue weighted by Crippen LogP contribution is 2.34. The summed E-state index contributed by atoms with van der Waals surface area (Å²) in [5.41, 5.74) is 1.31. The lowest BCUT2D eigenvalue weighted by Gasteiger charge is -2.03. The van der Waals surface area contributed by atoms with Gasteiger partial charge in [-0.3, -0.25) is 9.48 Å². The first kappa shape index (κ1) is 19.4. The van der Waals surface area contributed by atoms with Crippen molar-refractivity contribution >= 4 is 40.3 Å². The molecular formula is C17H19N3O5S. The van der Waals surface area contributed by atoms with Crippen molar-refractivity contribution in [2.45, 2.75) is 13.8 Å². The first-order valence-electron chi connectivity index (χ1n) is 7.73. The number of carbonyl (C=O) groups is 3. The summed E-state index contributed by atoms with van der Waals surface area (Å²) in [6.07, 6.45) is 6.26. The summed E-state index contributed by atoms with van der Waals surface area (Å²) in [5.74, 6) is -1.64. The molecule has 26 heavy (non-hydrogen) atoms. The van der Waals surface area contributed by atoms with Gasteiger partial charge in [0, 0.05) is 24.9 Å². The van der Waals surface area contributed by atoms with Gasteiger partial charge < -0.3 is 14.8 Å². The highest BCUT2D eigenvalue weighted by atomic mass is 32.1. The Labute approximate surface area is 154 Å². The van der Waals surface area contributed by atoms with Crippen LogP contribution in [0.1, 0.15) is 38.1 Å². The molecule has 2 rings (SSSR count). The Bertz CT molecular complexity index is 866. The van der Waals surface area contributed by atoms with Crippen LogP contribution in [-0.2, 0) is 21.3 Å². The molecule has 1 N–H and O–H groups in total. The van der Waals surface area contributed by atoms with Crippen LogP contribution in [0.2, 0.25) is 0 Å². The summed E-state index contributed by atoms with van der Waals surface area (Å²) >= 11 is 0.974. The van der Waals surface area contributed by atoms with Gasteiger partial charge in [-0.25, -0.2) is 9.59 Å². The average Bonchev–Trinajstić information content (AvgIpc) is 3.16. The van der Waals surface area contributed by atoms with Gasteiger partial charge in [0.1, 0.15) is 9.88 Å². The second-order valence-corrected chi connectivity index (χ2v) is 6.26. The molecule has 2 aromatic rings. The lowest BCUT2D eigenvalue weighted by atomic mass is 10.1. The number of hydrogen-bond donors (Lipinski definition) is 1. The molecule has 0 aliphatic carbocycles. The first-order chi connectivity index (χ1) is 12.4. The molecule has 1 amide bonds. The molecule has 0 unspecified atom stereocenters. The minimum Gasteiger partial charge on any atom is -0.465 e. The normalized spacial score (nSPS) is 10.8. The number of ether oxygens (including phenoxy) is 2. The summed E-state index contributed by atoms with van der Waals surface area (Å²) in [4.78, 5) is 36.5. The number of hydrogen-bond acceptors (Lipinski definition) is 7. The van der Waals surface area contributed by atoms with E-state index < -0.39 is 17.8 Å². The molecule has 0 saturated carbocycles. The second-order valence-electron chi connectivity index (χ2n) is 5.24. The van der Waals surface area contributed by atoms with Crippen molar-refractivity contribution in [1.29, 1.82) is 0 Å². The third-order valence-corrected chi connectivity index (χ3v) is 4.57. The van der Waals surface area contributed by atoms with Crippen LogP contribution in [0, 0.1) is 6.92 Å². The van der Waals surface area contributed by atoms with Gasteiger partial charge in [-0.1, -0.05) is 0 Å². The van der Waals surface area contributed by atoms with Gasteiger partial charge in [-0.05, 0) is 25.5 Å². The minimum absolute atomic E-state index is 0.142. The third kappa shape index (κ3) is 4.37. The Morgan fingerprint density at radius 1 is 1.35 bits per heavy atom. The van der Waals surface area contributed by atoms with E-state index in [1.165, 1.54) is 13.2 Å². The molecule has 138 valence electrons. The van der Waals surface area contributed by atoms with Crippen LogP contribution < -0.4 is 5.32 Å². The fourth-order valence-electron chi connectivity index (χ4n) is 2.19. The molecular weight excluding hydrogens is 358 g/mol. The maximum atomic E-state index is 12.2. The fraction of sp³-hybridized carbons (Fsp3) is 0.294. The number of aromatic nitrogens is 2. The number of rotatable bonds is 6. The van der Waals surface area contributed by atoms with Gasteiger partial charge in [-0.15, -0.1) is 11.3 Å². The quantitative estimate of drug-likeness (QED) is 0.613. The number of anilines is 1. The van der Waals surface area contributed by atoms with Gasteiger partial charge in [0.2, 0.25) is 5.91 Å². The van der Waals surface area contributed by atoms with E-state index in [1.54, 1.807) is 44.0 Å². The van der Waals surface area contributed by atoms with Crippen LogP contribution in [0.3, 0.4) is 0 Å². The summed E-state index contributed by atoms with van der Waals surface area (Å²) in [5, 5.41) is 6.85. The number of nitrogens with zero attached hydrogens (tertiary/aromatic N) is 2. The van der Waals surface area contributed by atoms with Gasteiger partial charge in [-0.2, -0.15) is 5.10 Å². The average molecular weight is 377 g/mol. The first-order valence-corrected chi connectivity index (χ1v) is 8.55. The number of nitrogens with one attached hydrogen (secondary N) is 1. The maximum absolute atomic E-state index is 12.2. The molecule has 2 heterocycles. The van der Waals surface area contributed by atoms with Crippen molar-refractivity contribution in [1.82, 2.24) is 9.78 Å². The van der Waals surface area contributed by atoms with E-state index >= 15 is 0 Å². The zero-order valence-corrected chi connectivity index (χ0v) is 15.7. The van der Waals surface area contributed by atoms with Crippen molar-refractivity contribution < 1.29 is 23.9 Å². The van der Waals surface area contributed by atoms with Crippen molar-refractivity contribution in [3.8, 4) is 0 Å². The van der Waals surface area contributed by atoms with Crippen molar-refractivity contribution in [3.05, 3.63) is 40.0 Å². The van der Waals surface area contributed by atoms with E-state index in [0.717, 1.165) is 16.9 Å². The zero-order valence-electron chi connectivity index (χ0n) is 14.9.